The average molecular weight is 235 g/mol. The van der Waals surface area contributed by atoms with Gasteiger partial charge in [-0.3, -0.25) is 4.79 Å². The van der Waals surface area contributed by atoms with Crippen LogP contribution in [0.2, 0.25) is 0 Å². The fourth-order valence-electron chi connectivity index (χ4n) is 1.65. The first kappa shape index (κ1) is 13.7. The zero-order valence-corrected chi connectivity index (χ0v) is 10.7. The molecule has 0 bridgehead atoms. The van der Waals surface area contributed by atoms with E-state index in [-0.39, 0.29) is 24.0 Å². The van der Waals surface area contributed by atoms with Crippen LogP contribution in [0.3, 0.4) is 0 Å². The number of nitrogens with one attached hydrogen (secondary N) is 1. The lowest BCUT2D eigenvalue weighted by molar-refractivity contribution is -0.123. The molecule has 1 atom stereocenters. The molecule has 1 amide bonds. The molecule has 0 fully saturated rings. The molecule has 2 N–H and O–H groups in total. The summed E-state index contributed by atoms with van der Waals surface area (Å²) in [6.45, 7) is 5.97. The minimum atomic E-state index is -0.314. The maximum absolute atomic E-state index is 11.8. The molecular formula is C14H21NO2. The van der Waals surface area contributed by atoms with Gasteiger partial charge in [0.15, 0.2) is 0 Å². The summed E-state index contributed by atoms with van der Waals surface area (Å²) in [6, 6.07) is 9.19. The summed E-state index contributed by atoms with van der Waals surface area (Å²) in [5.41, 5.74) is 0.887. The monoisotopic (exact) mass is 235 g/mol. The van der Waals surface area contributed by atoms with Crippen LogP contribution in [0.25, 0.3) is 0 Å². The number of carbonyl (C=O) groups is 1. The van der Waals surface area contributed by atoms with E-state index in [0.29, 0.717) is 6.42 Å². The van der Waals surface area contributed by atoms with Crippen LogP contribution in [-0.4, -0.2) is 17.6 Å². The van der Waals surface area contributed by atoms with E-state index in [4.69, 9.17) is 0 Å². The number of aliphatic hydroxyl groups is 1. The molecule has 1 aromatic carbocycles. The number of rotatable bonds is 4. The predicted molar refractivity (Wildman–Crippen MR) is 68.5 cm³/mol. The Labute approximate surface area is 103 Å². The van der Waals surface area contributed by atoms with E-state index in [0.717, 1.165) is 5.56 Å². The van der Waals surface area contributed by atoms with E-state index in [2.05, 4.69) is 5.32 Å². The van der Waals surface area contributed by atoms with E-state index < -0.39 is 0 Å². The fraction of sp³-hybridized carbons (Fsp3) is 0.500. The van der Waals surface area contributed by atoms with Crippen molar-refractivity contribution in [2.45, 2.75) is 33.2 Å². The molecule has 0 saturated heterocycles. The molecule has 0 aliphatic heterocycles. The Hall–Kier alpha value is -1.35. The highest BCUT2D eigenvalue weighted by Crippen LogP contribution is 2.19. The number of hydrogen-bond acceptors (Lipinski definition) is 2. The number of aliphatic hydroxyl groups excluding tert-OH is 1. The highest BCUT2D eigenvalue weighted by atomic mass is 16.3. The predicted octanol–water partition coefficient (Wildman–Crippen LogP) is 2.27. The highest BCUT2D eigenvalue weighted by Gasteiger charge is 2.19. The molecule has 1 rings (SSSR count). The van der Waals surface area contributed by atoms with Crippen molar-refractivity contribution in [1.82, 2.24) is 5.32 Å². The molecule has 3 heteroatoms. The molecule has 1 aromatic rings. The number of carbonyl (C=O) groups excluding carboxylic acids is 1. The van der Waals surface area contributed by atoms with Crippen molar-refractivity contribution >= 4 is 5.91 Å². The van der Waals surface area contributed by atoms with Crippen molar-refractivity contribution in [3.63, 3.8) is 0 Å². The van der Waals surface area contributed by atoms with Gasteiger partial charge < -0.3 is 10.4 Å². The van der Waals surface area contributed by atoms with Gasteiger partial charge in [0, 0.05) is 6.42 Å². The van der Waals surface area contributed by atoms with E-state index in [1.54, 1.807) is 0 Å². The molecule has 0 aromatic heterocycles. The molecule has 0 spiro atoms. The first-order valence-electron chi connectivity index (χ1n) is 5.87. The van der Waals surface area contributed by atoms with Gasteiger partial charge in [-0.25, -0.2) is 0 Å². The Kier molecular flexibility index (Phi) is 4.70. The van der Waals surface area contributed by atoms with Crippen LogP contribution in [0.15, 0.2) is 30.3 Å². The minimum Gasteiger partial charge on any atom is -0.394 e. The fourth-order valence-corrected chi connectivity index (χ4v) is 1.65. The molecular weight excluding hydrogens is 214 g/mol. The van der Waals surface area contributed by atoms with Gasteiger partial charge in [-0.2, -0.15) is 0 Å². The lowest BCUT2D eigenvalue weighted by Gasteiger charge is -2.21. The molecule has 0 saturated carbocycles. The second-order valence-corrected chi connectivity index (χ2v) is 5.45. The molecule has 0 aliphatic rings. The second kappa shape index (κ2) is 5.82. The van der Waals surface area contributed by atoms with Crippen molar-refractivity contribution in [3.8, 4) is 0 Å². The summed E-state index contributed by atoms with van der Waals surface area (Å²) in [5.74, 6) is -0.0274. The van der Waals surface area contributed by atoms with Crippen LogP contribution in [0, 0.1) is 5.41 Å². The van der Waals surface area contributed by atoms with Gasteiger partial charge in [0.05, 0.1) is 12.6 Å². The van der Waals surface area contributed by atoms with E-state index in [1.165, 1.54) is 0 Å². The quantitative estimate of drug-likeness (QED) is 0.841. The number of amides is 1. The topological polar surface area (TPSA) is 49.3 Å². The first-order valence-corrected chi connectivity index (χ1v) is 5.87. The van der Waals surface area contributed by atoms with Crippen LogP contribution in [0.4, 0.5) is 0 Å². The third kappa shape index (κ3) is 5.00. The minimum absolute atomic E-state index is 0.0274. The third-order valence-corrected chi connectivity index (χ3v) is 2.41. The van der Waals surface area contributed by atoms with Crippen molar-refractivity contribution in [2.24, 2.45) is 5.41 Å². The molecule has 0 radical (unpaired) electrons. The normalized spacial score (nSPS) is 13.2. The smallest absolute Gasteiger partial charge is 0.221 e. The highest BCUT2D eigenvalue weighted by molar-refractivity contribution is 5.77. The molecule has 0 aliphatic carbocycles. The van der Waals surface area contributed by atoms with Crippen LogP contribution in [0.1, 0.15) is 38.8 Å². The molecule has 94 valence electrons. The number of hydrogen-bond donors (Lipinski definition) is 2. The van der Waals surface area contributed by atoms with E-state index in [9.17, 15) is 9.90 Å². The summed E-state index contributed by atoms with van der Waals surface area (Å²) in [7, 11) is 0. The lowest BCUT2D eigenvalue weighted by Crippen LogP contribution is -2.33. The van der Waals surface area contributed by atoms with E-state index in [1.807, 2.05) is 51.1 Å². The van der Waals surface area contributed by atoms with Crippen LogP contribution in [-0.2, 0) is 4.79 Å². The summed E-state index contributed by atoms with van der Waals surface area (Å²) < 4.78 is 0. The molecule has 17 heavy (non-hydrogen) atoms. The maximum atomic E-state index is 11.8. The standard InChI is InChI=1S/C14H21NO2/c1-14(2,3)9-13(17)15-12(10-16)11-7-5-4-6-8-11/h4-8,12,16H,9-10H2,1-3H3,(H,15,17)/t12-/m1/s1. The van der Waals surface area contributed by atoms with Crippen LogP contribution >= 0.6 is 0 Å². The van der Waals surface area contributed by atoms with Crippen molar-refractivity contribution in [2.75, 3.05) is 6.61 Å². The Morgan fingerprint density at radius 2 is 1.88 bits per heavy atom. The van der Waals surface area contributed by atoms with Gasteiger partial charge in [0.1, 0.15) is 0 Å². The van der Waals surface area contributed by atoms with Gasteiger partial charge in [-0.1, -0.05) is 51.1 Å². The maximum Gasteiger partial charge on any atom is 0.221 e. The Morgan fingerprint density at radius 1 is 1.29 bits per heavy atom. The second-order valence-electron chi connectivity index (χ2n) is 5.45. The summed E-state index contributed by atoms with van der Waals surface area (Å²) in [6.07, 6.45) is 0.455. The summed E-state index contributed by atoms with van der Waals surface area (Å²) in [4.78, 5) is 11.8. The summed E-state index contributed by atoms with van der Waals surface area (Å²) >= 11 is 0. The van der Waals surface area contributed by atoms with Crippen molar-refractivity contribution < 1.29 is 9.90 Å². The largest absolute Gasteiger partial charge is 0.394 e. The zero-order valence-electron chi connectivity index (χ0n) is 10.7. The Bertz CT molecular complexity index is 354. The molecule has 0 unspecified atom stereocenters. The molecule has 0 heterocycles. The zero-order chi connectivity index (χ0) is 12.9. The number of benzene rings is 1. The van der Waals surface area contributed by atoms with Gasteiger partial charge in [0.25, 0.3) is 0 Å². The van der Waals surface area contributed by atoms with Crippen molar-refractivity contribution in [1.29, 1.82) is 0 Å². The molecule has 3 nitrogen and oxygen atoms in total. The third-order valence-electron chi connectivity index (χ3n) is 2.41. The van der Waals surface area contributed by atoms with Crippen LogP contribution < -0.4 is 5.32 Å². The van der Waals surface area contributed by atoms with E-state index >= 15 is 0 Å². The SMILES string of the molecule is CC(C)(C)CC(=O)N[C@H](CO)c1ccccc1. The Balaban J connectivity index is 2.62. The van der Waals surface area contributed by atoms with Crippen LogP contribution in [0.5, 0.6) is 0 Å². The first-order chi connectivity index (χ1) is 7.92. The van der Waals surface area contributed by atoms with Gasteiger partial charge in [-0.15, -0.1) is 0 Å². The average Bonchev–Trinajstić information content (AvgIpc) is 2.24. The van der Waals surface area contributed by atoms with Gasteiger partial charge >= 0.3 is 0 Å². The summed E-state index contributed by atoms with van der Waals surface area (Å²) in [5, 5.41) is 12.2. The Morgan fingerprint density at radius 3 is 2.35 bits per heavy atom. The lowest BCUT2D eigenvalue weighted by atomic mass is 9.91. The van der Waals surface area contributed by atoms with Gasteiger partial charge in [-0.05, 0) is 11.0 Å². The van der Waals surface area contributed by atoms with Gasteiger partial charge in [0.2, 0.25) is 5.91 Å². The van der Waals surface area contributed by atoms with Crippen molar-refractivity contribution in [3.05, 3.63) is 35.9 Å².